The fraction of sp³-hybridized carbons (Fsp3) is 0.444. The Morgan fingerprint density at radius 3 is 2.67 bits per heavy atom. The third kappa shape index (κ3) is 6.91. The number of thiazole rings is 1. The number of aliphatic hydroxyl groups excluding tert-OH is 1. The number of benzene rings is 1. The second-order valence-electron chi connectivity index (χ2n) is 6.14. The molecule has 7 nitrogen and oxygen atoms in total. The van der Waals surface area contributed by atoms with E-state index < -0.39 is 6.10 Å². The highest BCUT2D eigenvalue weighted by molar-refractivity contribution is 14.0. The Bertz CT molecular complexity index is 678. The molecule has 0 spiro atoms. The van der Waals surface area contributed by atoms with Gasteiger partial charge in [0.05, 0.1) is 25.9 Å². The van der Waals surface area contributed by atoms with E-state index in [1.807, 2.05) is 46.8 Å². The Kier molecular flexibility index (Phi) is 9.25. The van der Waals surface area contributed by atoms with Crippen LogP contribution in [0.3, 0.4) is 0 Å². The highest BCUT2D eigenvalue weighted by atomic mass is 127. The fourth-order valence-electron chi connectivity index (χ4n) is 2.74. The van der Waals surface area contributed by atoms with Gasteiger partial charge in [0.1, 0.15) is 0 Å². The minimum absolute atomic E-state index is 0. The number of guanidine groups is 1. The van der Waals surface area contributed by atoms with Crippen LogP contribution in [-0.4, -0.2) is 66.4 Å². The van der Waals surface area contributed by atoms with Crippen LogP contribution in [0.4, 0.5) is 5.13 Å². The van der Waals surface area contributed by atoms with Crippen LogP contribution in [0.25, 0.3) is 0 Å². The number of halogens is 1. The van der Waals surface area contributed by atoms with Crippen molar-refractivity contribution >= 4 is 46.4 Å². The van der Waals surface area contributed by atoms with Gasteiger partial charge in [0.15, 0.2) is 11.1 Å². The molecule has 1 aliphatic rings. The highest BCUT2D eigenvalue weighted by Gasteiger charge is 2.20. The summed E-state index contributed by atoms with van der Waals surface area (Å²) in [6.45, 7) is 4.30. The van der Waals surface area contributed by atoms with Crippen LogP contribution >= 0.6 is 35.3 Å². The Balaban J connectivity index is 0.00000261. The molecule has 2 heterocycles. The minimum atomic E-state index is -0.658. The lowest BCUT2D eigenvalue weighted by molar-refractivity contribution is 0.0330. The van der Waals surface area contributed by atoms with E-state index in [2.05, 4.69) is 14.9 Å². The van der Waals surface area contributed by atoms with E-state index in [0.29, 0.717) is 12.6 Å². The SMILES string of the molecule is I.NC(=NCC(O)COCc1ccccc1)N1CCN(c2nccs2)CC1. The lowest BCUT2D eigenvalue weighted by Gasteiger charge is -2.35. The molecule has 1 fully saturated rings. The van der Waals surface area contributed by atoms with E-state index in [1.165, 1.54) is 0 Å². The monoisotopic (exact) mass is 503 g/mol. The van der Waals surface area contributed by atoms with Gasteiger partial charge in [0.2, 0.25) is 0 Å². The van der Waals surface area contributed by atoms with Crippen LogP contribution in [0, 0.1) is 0 Å². The quantitative estimate of drug-likeness (QED) is 0.341. The maximum absolute atomic E-state index is 10.0. The normalized spacial score (nSPS) is 16.1. The van der Waals surface area contributed by atoms with Crippen molar-refractivity contribution in [1.82, 2.24) is 9.88 Å². The molecule has 1 aromatic heterocycles. The lowest BCUT2D eigenvalue weighted by Crippen LogP contribution is -2.51. The average Bonchev–Trinajstić information content (AvgIpc) is 3.22. The van der Waals surface area contributed by atoms with Gasteiger partial charge in [-0.3, -0.25) is 4.99 Å². The van der Waals surface area contributed by atoms with Crippen LogP contribution in [0.5, 0.6) is 0 Å². The maximum atomic E-state index is 10.0. The molecule has 1 aromatic carbocycles. The maximum Gasteiger partial charge on any atom is 0.191 e. The first-order valence-electron chi connectivity index (χ1n) is 8.71. The van der Waals surface area contributed by atoms with Gasteiger partial charge in [0.25, 0.3) is 0 Å². The second-order valence-corrected chi connectivity index (χ2v) is 7.02. The van der Waals surface area contributed by atoms with Gasteiger partial charge in [-0.25, -0.2) is 4.98 Å². The molecule has 2 aromatic rings. The Morgan fingerprint density at radius 1 is 1.26 bits per heavy atom. The smallest absolute Gasteiger partial charge is 0.191 e. The molecular formula is C18H26IN5O2S. The molecule has 1 saturated heterocycles. The first-order valence-corrected chi connectivity index (χ1v) is 9.59. The number of ether oxygens (including phenoxy) is 1. The van der Waals surface area contributed by atoms with Crippen molar-refractivity contribution in [2.45, 2.75) is 12.7 Å². The van der Waals surface area contributed by atoms with Crippen molar-refractivity contribution in [2.24, 2.45) is 10.7 Å². The van der Waals surface area contributed by atoms with E-state index >= 15 is 0 Å². The fourth-order valence-corrected chi connectivity index (χ4v) is 3.43. The molecule has 3 N–H and O–H groups in total. The van der Waals surface area contributed by atoms with Gasteiger partial charge in [-0.2, -0.15) is 0 Å². The first kappa shape index (κ1) is 21.9. The third-order valence-electron chi connectivity index (χ3n) is 4.18. The summed E-state index contributed by atoms with van der Waals surface area (Å²) in [6, 6.07) is 9.89. The predicted molar refractivity (Wildman–Crippen MR) is 120 cm³/mol. The van der Waals surface area contributed by atoms with Crippen molar-refractivity contribution in [3.8, 4) is 0 Å². The molecule has 0 bridgehead atoms. The largest absolute Gasteiger partial charge is 0.389 e. The van der Waals surface area contributed by atoms with Crippen molar-refractivity contribution in [3.05, 3.63) is 47.5 Å². The Morgan fingerprint density at radius 2 is 2.00 bits per heavy atom. The molecule has 0 amide bonds. The molecule has 148 valence electrons. The van der Waals surface area contributed by atoms with Gasteiger partial charge in [-0.1, -0.05) is 30.3 Å². The van der Waals surface area contributed by atoms with E-state index in [9.17, 15) is 5.11 Å². The van der Waals surface area contributed by atoms with Crippen molar-refractivity contribution < 1.29 is 9.84 Å². The zero-order valence-electron chi connectivity index (χ0n) is 15.1. The van der Waals surface area contributed by atoms with Gasteiger partial charge >= 0.3 is 0 Å². The summed E-state index contributed by atoms with van der Waals surface area (Å²) in [4.78, 5) is 13.0. The molecule has 0 saturated carbocycles. The number of hydrogen-bond donors (Lipinski definition) is 2. The van der Waals surface area contributed by atoms with Crippen LogP contribution in [0.2, 0.25) is 0 Å². The third-order valence-corrected chi connectivity index (χ3v) is 5.01. The van der Waals surface area contributed by atoms with Crippen LogP contribution in [0.1, 0.15) is 5.56 Å². The molecule has 27 heavy (non-hydrogen) atoms. The zero-order valence-corrected chi connectivity index (χ0v) is 18.3. The molecule has 1 unspecified atom stereocenters. The van der Waals surface area contributed by atoms with Crippen molar-refractivity contribution in [2.75, 3.05) is 44.2 Å². The molecule has 1 aliphatic heterocycles. The van der Waals surface area contributed by atoms with E-state index in [-0.39, 0.29) is 37.1 Å². The van der Waals surface area contributed by atoms with Gasteiger partial charge < -0.3 is 25.4 Å². The molecule has 3 rings (SSSR count). The molecule has 0 radical (unpaired) electrons. The molecule has 1 atom stereocenters. The Hall–Kier alpha value is -1.43. The summed E-state index contributed by atoms with van der Waals surface area (Å²) in [7, 11) is 0. The zero-order chi connectivity index (χ0) is 18.2. The van der Waals surface area contributed by atoms with Gasteiger partial charge in [0, 0.05) is 37.8 Å². The summed E-state index contributed by atoms with van der Waals surface area (Å²) in [5.74, 6) is 0.478. The number of hydrogen-bond acceptors (Lipinski definition) is 6. The summed E-state index contributed by atoms with van der Waals surface area (Å²) in [5.41, 5.74) is 7.16. The van der Waals surface area contributed by atoms with E-state index in [4.69, 9.17) is 10.5 Å². The van der Waals surface area contributed by atoms with Crippen LogP contribution < -0.4 is 10.6 Å². The van der Waals surface area contributed by atoms with E-state index in [1.54, 1.807) is 11.3 Å². The topological polar surface area (TPSA) is 87.2 Å². The average molecular weight is 503 g/mol. The van der Waals surface area contributed by atoms with Crippen LogP contribution in [0.15, 0.2) is 46.9 Å². The number of aliphatic hydroxyl groups is 1. The minimum Gasteiger partial charge on any atom is -0.389 e. The Labute approximate surface area is 180 Å². The predicted octanol–water partition coefficient (Wildman–Crippen LogP) is 1.78. The first-order chi connectivity index (χ1) is 12.7. The highest BCUT2D eigenvalue weighted by Crippen LogP contribution is 2.18. The number of aliphatic imine (C=N–C) groups is 1. The van der Waals surface area contributed by atoms with Gasteiger partial charge in [-0.15, -0.1) is 35.3 Å². The number of piperazine rings is 1. The van der Waals surface area contributed by atoms with Crippen molar-refractivity contribution in [3.63, 3.8) is 0 Å². The number of aromatic nitrogens is 1. The summed E-state index contributed by atoms with van der Waals surface area (Å²) in [5, 5.41) is 13.1. The summed E-state index contributed by atoms with van der Waals surface area (Å²) < 4.78 is 5.53. The summed E-state index contributed by atoms with van der Waals surface area (Å²) in [6.07, 6.45) is 1.16. The summed E-state index contributed by atoms with van der Waals surface area (Å²) >= 11 is 1.65. The molecular weight excluding hydrogens is 477 g/mol. The molecule has 0 aliphatic carbocycles. The van der Waals surface area contributed by atoms with Gasteiger partial charge in [-0.05, 0) is 5.56 Å². The second kappa shape index (κ2) is 11.4. The number of anilines is 1. The van der Waals surface area contributed by atoms with Crippen LogP contribution in [-0.2, 0) is 11.3 Å². The number of rotatable bonds is 7. The molecule has 9 heteroatoms. The van der Waals surface area contributed by atoms with Crippen molar-refractivity contribution in [1.29, 1.82) is 0 Å². The number of nitrogens with zero attached hydrogens (tertiary/aromatic N) is 4. The number of nitrogens with two attached hydrogens (primary N) is 1. The van der Waals surface area contributed by atoms with E-state index in [0.717, 1.165) is 36.9 Å². The standard InChI is InChI=1S/C18H25N5O2S.HI/c19-17(22-7-9-23(10-8-22)18-20-6-11-26-18)21-12-16(24)14-25-13-15-4-2-1-3-5-15;/h1-6,11,16,24H,7-10,12-14H2,(H2,19,21);1H. The lowest BCUT2D eigenvalue weighted by atomic mass is 10.2.